The van der Waals surface area contributed by atoms with E-state index in [1.165, 1.54) is 0 Å². The molecule has 1 spiro atoms. The molecule has 1 aliphatic carbocycles. The number of likely N-dealkylation sites (tertiary alicyclic amines) is 1. The average molecular weight is 316 g/mol. The predicted octanol–water partition coefficient (Wildman–Crippen LogP) is 0.628. The molecule has 0 unspecified atom stereocenters. The molecule has 6 nitrogen and oxygen atoms in total. The van der Waals surface area contributed by atoms with Gasteiger partial charge in [0.05, 0.1) is 17.0 Å². The van der Waals surface area contributed by atoms with Crippen LogP contribution in [-0.4, -0.2) is 55.8 Å². The second-order valence-corrected chi connectivity index (χ2v) is 8.64. The highest BCUT2D eigenvalue weighted by Gasteiger charge is 2.44. The summed E-state index contributed by atoms with van der Waals surface area (Å²) in [6.45, 7) is 3.34. The van der Waals surface area contributed by atoms with Crippen LogP contribution in [0.15, 0.2) is 0 Å². The lowest BCUT2D eigenvalue weighted by molar-refractivity contribution is -0.135. The molecule has 1 N–H and O–H groups in total. The first-order valence-electron chi connectivity index (χ1n) is 7.82. The molecule has 3 rings (SSSR count). The fourth-order valence-corrected chi connectivity index (χ4v) is 4.80. The van der Waals surface area contributed by atoms with Gasteiger partial charge in [0.25, 0.3) is 0 Å². The Hall–Kier alpha value is -0.660. The van der Waals surface area contributed by atoms with E-state index in [1.807, 2.05) is 4.90 Å². The number of ether oxygens (including phenoxy) is 1. The zero-order valence-corrected chi connectivity index (χ0v) is 13.3. The highest BCUT2D eigenvalue weighted by atomic mass is 32.2. The quantitative estimate of drug-likeness (QED) is 0.825. The first kappa shape index (κ1) is 15.2. The third-order valence-corrected chi connectivity index (χ3v) is 6.73. The second kappa shape index (κ2) is 5.52. The molecular formula is C14H24N2O4S. The van der Waals surface area contributed by atoms with Crippen molar-refractivity contribution in [3.8, 4) is 0 Å². The maximum atomic E-state index is 11.9. The van der Waals surface area contributed by atoms with E-state index in [0.29, 0.717) is 13.1 Å². The highest BCUT2D eigenvalue weighted by Crippen LogP contribution is 2.36. The van der Waals surface area contributed by atoms with Gasteiger partial charge in [0, 0.05) is 26.6 Å². The van der Waals surface area contributed by atoms with Gasteiger partial charge >= 0.3 is 0 Å². The van der Waals surface area contributed by atoms with Crippen molar-refractivity contribution in [1.29, 1.82) is 0 Å². The van der Waals surface area contributed by atoms with Crippen molar-refractivity contribution in [1.82, 2.24) is 9.62 Å². The van der Waals surface area contributed by atoms with E-state index in [-0.39, 0.29) is 22.9 Å². The van der Waals surface area contributed by atoms with Gasteiger partial charge in [0.15, 0.2) is 0 Å². The molecular weight excluding hydrogens is 292 g/mol. The van der Waals surface area contributed by atoms with Crippen molar-refractivity contribution in [2.45, 2.75) is 62.4 Å². The lowest BCUT2D eigenvalue weighted by Gasteiger charge is -2.38. The SMILES string of the molecule is CC(=O)N1CC[C@]2(CCC[C@H](CNS(=O)(=O)C3CC3)O2)C1. The van der Waals surface area contributed by atoms with Crippen LogP contribution in [0.1, 0.15) is 45.4 Å². The van der Waals surface area contributed by atoms with Crippen LogP contribution in [-0.2, 0) is 19.6 Å². The Morgan fingerprint density at radius 2 is 2.10 bits per heavy atom. The van der Waals surface area contributed by atoms with Crippen LogP contribution in [0.25, 0.3) is 0 Å². The molecule has 0 aromatic rings. The average Bonchev–Trinajstić information content (AvgIpc) is 3.22. The summed E-state index contributed by atoms with van der Waals surface area (Å²) in [6.07, 6.45) is 5.22. The van der Waals surface area contributed by atoms with Gasteiger partial charge in [-0.05, 0) is 38.5 Å². The molecule has 7 heteroatoms. The van der Waals surface area contributed by atoms with Crippen LogP contribution >= 0.6 is 0 Å². The summed E-state index contributed by atoms with van der Waals surface area (Å²) in [5.41, 5.74) is -0.250. The van der Waals surface area contributed by atoms with Crippen molar-refractivity contribution in [2.24, 2.45) is 0 Å². The molecule has 2 aliphatic heterocycles. The molecule has 0 aromatic carbocycles. The zero-order valence-electron chi connectivity index (χ0n) is 12.5. The minimum atomic E-state index is -3.14. The smallest absolute Gasteiger partial charge is 0.219 e. The number of nitrogens with one attached hydrogen (secondary N) is 1. The van der Waals surface area contributed by atoms with Gasteiger partial charge in [-0.1, -0.05) is 0 Å². The summed E-state index contributed by atoms with van der Waals surface area (Å²) in [5.74, 6) is 0.0898. The van der Waals surface area contributed by atoms with Crippen LogP contribution in [0.5, 0.6) is 0 Å². The molecule has 3 aliphatic rings. The third-order valence-electron chi connectivity index (χ3n) is 4.81. The van der Waals surface area contributed by atoms with Crippen molar-refractivity contribution < 1.29 is 17.9 Å². The summed E-state index contributed by atoms with van der Waals surface area (Å²) < 4.78 is 32.6. The van der Waals surface area contributed by atoms with Crippen LogP contribution in [0.3, 0.4) is 0 Å². The molecule has 0 aromatic heterocycles. The molecule has 1 amide bonds. The fourth-order valence-electron chi connectivity index (χ4n) is 3.39. The van der Waals surface area contributed by atoms with Gasteiger partial charge in [0.1, 0.15) is 0 Å². The topological polar surface area (TPSA) is 75.7 Å². The molecule has 1 saturated carbocycles. The Labute approximate surface area is 126 Å². The van der Waals surface area contributed by atoms with Gasteiger partial charge in [-0.15, -0.1) is 0 Å². The maximum absolute atomic E-state index is 11.9. The number of nitrogens with zero attached hydrogens (tertiary/aromatic N) is 1. The number of rotatable bonds is 4. The standard InChI is InChI=1S/C14H24N2O4S/c1-11(17)16-8-7-14(10-16)6-2-3-12(20-14)9-15-21(18,19)13-4-5-13/h12-13,15H,2-10H2,1H3/t12-,14-/m1/s1. The van der Waals surface area contributed by atoms with Crippen molar-refractivity contribution in [3.63, 3.8) is 0 Å². The van der Waals surface area contributed by atoms with E-state index in [4.69, 9.17) is 4.74 Å². The number of carbonyl (C=O) groups excluding carboxylic acids is 1. The minimum Gasteiger partial charge on any atom is -0.368 e. The summed E-state index contributed by atoms with van der Waals surface area (Å²) in [5, 5.41) is -0.185. The van der Waals surface area contributed by atoms with Gasteiger partial charge in [0.2, 0.25) is 15.9 Å². The van der Waals surface area contributed by atoms with Gasteiger partial charge < -0.3 is 9.64 Å². The van der Waals surface area contributed by atoms with E-state index in [1.54, 1.807) is 6.92 Å². The van der Waals surface area contributed by atoms with Crippen LogP contribution in [0.2, 0.25) is 0 Å². The Morgan fingerprint density at radius 1 is 1.33 bits per heavy atom. The van der Waals surface area contributed by atoms with Gasteiger partial charge in [-0.2, -0.15) is 0 Å². The molecule has 0 bridgehead atoms. The number of amides is 1. The molecule has 120 valence electrons. The second-order valence-electron chi connectivity index (χ2n) is 6.60. The summed E-state index contributed by atoms with van der Waals surface area (Å²) in [4.78, 5) is 13.3. The highest BCUT2D eigenvalue weighted by molar-refractivity contribution is 7.90. The third kappa shape index (κ3) is 3.40. The summed E-state index contributed by atoms with van der Waals surface area (Å²) >= 11 is 0. The van der Waals surface area contributed by atoms with Crippen LogP contribution in [0.4, 0.5) is 0 Å². The molecule has 2 atom stereocenters. The summed E-state index contributed by atoms with van der Waals surface area (Å²) in [7, 11) is -3.14. The molecule has 2 heterocycles. The number of hydrogen-bond donors (Lipinski definition) is 1. The van der Waals surface area contributed by atoms with Crippen molar-refractivity contribution in [3.05, 3.63) is 0 Å². The van der Waals surface area contributed by atoms with E-state index < -0.39 is 10.0 Å². The number of carbonyl (C=O) groups is 1. The van der Waals surface area contributed by atoms with E-state index >= 15 is 0 Å². The first-order valence-corrected chi connectivity index (χ1v) is 9.37. The Morgan fingerprint density at radius 3 is 2.71 bits per heavy atom. The Balaban J connectivity index is 1.55. The largest absolute Gasteiger partial charge is 0.368 e. The normalized spacial score (nSPS) is 33.6. The lowest BCUT2D eigenvalue weighted by atomic mass is 9.90. The Kier molecular flexibility index (Phi) is 4.00. The monoisotopic (exact) mass is 316 g/mol. The van der Waals surface area contributed by atoms with E-state index in [9.17, 15) is 13.2 Å². The van der Waals surface area contributed by atoms with Crippen LogP contribution < -0.4 is 4.72 Å². The van der Waals surface area contributed by atoms with E-state index in [0.717, 1.165) is 45.1 Å². The van der Waals surface area contributed by atoms with Gasteiger partial charge in [-0.25, -0.2) is 13.1 Å². The predicted molar refractivity (Wildman–Crippen MR) is 78.3 cm³/mol. The van der Waals surface area contributed by atoms with Crippen LogP contribution in [0, 0.1) is 0 Å². The number of hydrogen-bond acceptors (Lipinski definition) is 4. The van der Waals surface area contributed by atoms with E-state index in [2.05, 4.69) is 4.72 Å². The maximum Gasteiger partial charge on any atom is 0.219 e. The molecule has 0 radical (unpaired) electrons. The van der Waals surface area contributed by atoms with Crippen molar-refractivity contribution in [2.75, 3.05) is 19.6 Å². The lowest BCUT2D eigenvalue weighted by Crippen LogP contribution is -2.47. The van der Waals surface area contributed by atoms with Crippen molar-refractivity contribution >= 4 is 15.9 Å². The summed E-state index contributed by atoms with van der Waals surface area (Å²) in [6, 6.07) is 0. The zero-order chi connectivity index (χ0) is 15.1. The fraction of sp³-hybridized carbons (Fsp3) is 0.929. The first-order chi connectivity index (χ1) is 9.90. The Bertz CT molecular complexity index is 517. The number of sulfonamides is 1. The molecule has 21 heavy (non-hydrogen) atoms. The minimum absolute atomic E-state index is 0.0702. The molecule has 2 saturated heterocycles. The van der Waals surface area contributed by atoms with Gasteiger partial charge in [-0.3, -0.25) is 4.79 Å². The molecule has 3 fully saturated rings.